The van der Waals surface area contributed by atoms with Crippen LogP contribution in [-0.2, 0) is 11.1 Å². The highest BCUT2D eigenvalue weighted by Crippen LogP contribution is 1.69. The highest BCUT2D eigenvalue weighted by molar-refractivity contribution is 7.79. The van der Waals surface area contributed by atoms with Crippen molar-refractivity contribution in [2.75, 3.05) is 18.8 Å². The Balaban J connectivity index is 2.91. The molecule has 0 aromatic rings. The van der Waals surface area contributed by atoms with E-state index in [1.807, 2.05) is 0 Å². The van der Waals surface area contributed by atoms with Crippen LogP contribution in [0.5, 0.6) is 0 Å². The number of hydrogen-bond donors (Lipinski definition) is 2. The number of rotatable bonds is 5. The molecule has 0 bridgehead atoms. The fraction of sp³-hybridized carbons (Fsp3) is 0.600. The van der Waals surface area contributed by atoms with Crippen LogP contribution in [0.15, 0.2) is 12.7 Å². The van der Waals surface area contributed by atoms with E-state index in [2.05, 4.69) is 11.9 Å². The molecular weight excluding hydrogens is 138 g/mol. The van der Waals surface area contributed by atoms with Gasteiger partial charge in [0.1, 0.15) is 0 Å². The Morgan fingerprint density at radius 2 is 2.44 bits per heavy atom. The van der Waals surface area contributed by atoms with Crippen LogP contribution in [0, 0.1) is 0 Å². The zero-order valence-electron chi connectivity index (χ0n) is 5.17. The lowest BCUT2D eigenvalue weighted by molar-refractivity contribution is 0.561. The quantitative estimate of drug-likeness (QED) is 0.328. The van der Waals surface area contributed by atoms with Gasteiger partial charge in [-0.3, -0.25) is 0 Å². The molecule has 9 heavy (non-hydrogen) atoms. The summed E-state index contributed by atoms with van der Waals surface area (Å²) >= 11 is -1.67. The SMILES string of the molecule is C=CCNCCS(=O)O. The summed E-state index contributed by atoms with van der Waals surface area (Å²) in [4.78, 5) is 0. The van der Waals surface area contributed by atoms with Gasteiger partial charge in [0, 0.05) is 13.1 Å². The van der Waals surface area contributed by atoms with Crippen molar-refractivity contribution in [3.05, 3.63) is 12.7 Å². The maximum atomic E-state index is 10.0. The first-order valence-electron chi connectivity index (χ1n) is 2.66. The van der Waals surface area contributed by atoms with E-state index < -0.39 is 11.1 Å². The Morgan fingerprint density at radius 3 is 2.89 bits per heavy atom. The lowest BCUT2D eigenvalue weighted by atomic mass is 10.6. The van der Waals surface area contributed by atoms with Crippen LogP contribution in [0.2, 0.25) is 0 Å². The summed E-state index contributed by atoms with van der Waals surface area (Å²) in [6.45, 7) is 4.73. The van der Waals surface area contributed by atoms with Gasteiger partial charge in [0.2, 0.25) is 0 Å². The zero-order valence-corrected chi connectivity index (χ0v) is 5.99. The summed E-state index contributed by atoms with van der Waals surface area (Å²) in [5.74, 6) is 0.286. The summed E-state index contributed by atoms with van der Waals surface area (Å²) in [6, 6.07) is 0. The fourth-order valence-corrected chi connectivity index (χ4v) is 0.683. The first-order chi connectivity index (χ1) is 4.27. The molecule has 0 aromatic carbocycles. The molecule has 0 radical (unpaired) electrons. The molecule has 2 N–H and O–H groups in total. The van der Waals surface area contributed by atoms with Crippen LogP contribution in [0.3, 0.4) is 0 Å². The minimum atomic E-state index is -1.67. The maximum absolute atomic E-state index is 10.0. The second-order valence-corrected chi connectivity index (χ2v) is 2.57. The molecule has 0 aliphatic carbocycles. The predicted octanol–water partition coefficient (Wildman–Crippen LogP) is -0.0163. The van der Waals surface area contributed by atoms with E-state index in [4.69, 9.17) is 4.55 Å². The van der Waals surface area contributed by atoms with Crippen LogP contribution in [0.25, 0.3) is 0 Å². The van der Waals surface area contributed by atoms with Crippen LogP contribution >= 0.6 is 0 Å². The Hall–Kier alpha value is -0.190. The Morgan fingerprint density at radius 1 is 1.78 bits per heavy atom. The minimum Gasteiger partial charge on any atom is -0.312 e. The minimum absolute atomic E-state index is 0.286. The molecule has 4 heteroatoms. The molecule has 0 spiro atoms. The predicted molar refractivity (Wildman–Crippen MR) is 38.7 cm³/mol. The molecule has 0 aromatic heterocycles. The third-order valence-electron chi connectivity index (χ3n) is 0.742. The monoisotopic (exact) mass is 149 g/mol. The molecule has 0 aliphatic heterocycles. The Bertz CT molecular complexity index is 105. The highest BCUT2D eigenvalue weighted by Gasteiger charge is 1.89. The Kier molecular flexibility index (Phi) is 5.81. The summed E-state index contributed by atoms with van der Waals surface area (Å²) in [5, 5.41) is 2.90. The summed E-state index contributed by atoms with van der Waals surface area (Å²) < 4.78 is 18.3. The Labute approximate surface area is 57.4 Å². The van der Waals surface area contributed by atoms with E-state index in [1.165, 1.54) is 0 Å². The molecule has 0 heterocycles. The molecule has 0 saturated carbocycles. The van der Waals surface area contributed by atoms with Crippen LogP contribution < -0.4 is 5.32 Å². The molecule has 0 fully saturated rings. The van der Waals surface area contributed by atoms with Gasteiger partial charge < -0.3 is 9.87 Å². The van der Waals surface area contributed by atoms with Crippen LogP contribution in [0.1, 0.15) is 0 Å². The topological polar surface area (TPSA) is 49.3 Å². The van der Waals surface area contributed by atoms with Crippen LogP contribution in [0.4, 0.5) is 0 Å². The van der Waals surface area contributed by atoms with E-state index in [-0.39, 0.29) is 5.75 Å². The molecule has 0 rings (SSSR count). The second kappa shape index (κ2) is 5.94. The molecule has 0 aliphatic rings. The van der Waals surface area contributed by atoms with Gasteiger partial charge in [0.15, 0.2) is 11.1 Å². The normalized spacial score (nSPS) is 13.0. The average Bonchev–Trinajstić information content (AvgIpc) is 1.80. The van der Waals surface area contributed by atoms with Crippen molar-refractivity contribution in [3.8, 4) is 0 Å². The molecule has 1 unspecified atom stereocenters. The van der Waals surface area contributed by atoms with Gasteiger partial charge in [-0.15, -0.1) is 6.58 Å². The first kappa shape index (κ1) is 8.81. The van der Waals surface area contributed by atoms with E-state index >= 15 is 0 Å². The van der Waals surface area contributed by atoms with E-state index in [1.54, 1.807) is 6.08 Å². The van der Waals surface area contributed by atoms with Crippen molar-refractivity contribution in [1.82, 2.24) is 5.32 Å². The molecule has 3 nitrogen and oxygen atoms in total. The molecule has 54 valence electrons. The highest BCUT2D eigenvalue weighted by atomic mass is 32.2. The molecule has 0 amide bonds. The maximum Gasteiger partial charge on any atom is 0.154 e. The molecule has 0 saturated heterocycles. The standard InChI is InChI=1S/C5H11NO2S/c1-2-3-6-4-5-9(7)8/h2,6H,1,3-5H2,(H,7,8). The van der Waals surface area contributed by atoms with E-state index in [0.717, 1.165) is 0 Å². The van der Waals surface area contributed by atoms with Crippen molar-refractivity contribution in [2.24, 2.45) is 0 Å². The third kappa shape index (κ3) is 7.81. The first-order valence-corrected chi connectivity index (χ1v) is 3.94. The van der Waals surface area contributed by atoms with Crippen molar-refractivity contribution < 1.29 is 8.76 Å². The van der Waals surface area contributed by atoms with Gasteiger partial charge in [0.05, 0.1) is 5.75 Å². The lowest BCUT2D eigenvalue weighted by Crippen LogP contribution is -2.19. The van der Waals surface area contributed by atoms with Gasteiger partial charge >= 0.3 is 0 Å². The smallest absolute Gasteiger partial charge is 0.154 e. The van der Waals surface area contributed by atoms with Crippen molar-refractivity contribution in [3.63, 3.8) is 0 Å². The summed E-state index contributed by atoms with van der Waals surface area (Å²) in [6.07, 6.45) is 1.71. The molecule has 1 atom stereocenters. The second-order valence-electron chi connectivity index (χ2n) is 1.52. The molecular formula is C5H11NO2S. The number of nitrogens with one attached hydrogen (secondary N) is 1. The fourth-order valence-electron chi connectivity index (χ4n) is 0.364. The van der Waals surface area contributed by atoms with Gasteiger partial charge in [-0.1, -0.05) is 6.08 Å². The van der Waals surface area contributed by atoms with Crippen molar-refractivity contribution in [1.29, 1.82) is 0 Å². The summed E-state index contributed by atoms with van der Waals surface area (Å²) in [7, 11) is 0. The largest absolute Gasteiger partial charge is 0.312 e. The van der Waals surface area contributed by atoms with Crippen molar-refractivity contribution >= 4 is 11.1 Å². The van der Waals surface area contributed by atoms with E-state index in [9.17, 15) is 4.21 Å². The lowest BCUT2D eigenvalue weighted by Gasteiger charge is -1.95. The van der Waals surface area contributed by atoms with Gasteiger partial charge in [-0.05, 0) is 0 Å². The van der Waals surface area contributed by atoms with Gasteiger partial charge in [-0.2, -0.15) is 0 Å². The zero-order chi connectivity index (χ0) is 7.11. The van der Waals surface area contributed by atoms with Gasteiger partial charge in [0.25, 0.3) is 0 Å². The van der Waals surface area contributed by atoms with Gasteiger partial charge in [-0.25, -0.2) is 4.21 Å². The van der Waals surface area contributed by atoms with E-state index in [0.29, 0.717) is 13.1 Å². The van der Waals surface area contributed by atoms with Crippen molar-refractivity contribution in [2.45, 2.75) is 0 Å². The average molecular weight is 149 g/mol. The third-order valence-corrected chi connectivity index (χ3v) is 1.30. The summed E-state index contributed by atoms with van der Waals surface area (Å²) in [5.41, 5.74) is 0. The van der Waals surface area contributed by atoms with Crippen LogP contribution in [-0.4, -0.2) is 27.6 Å². The number of hydrogen-bond acceptors (Lipinski definition) is 2.